The van der Waals surface area contributed by atoms with E-state index in [4.69, 9.17) is 29.1 Å². The van der Waals surface area contributed by atoms with Crippen LogP contribution in [0.2, 0.25) is 0 Å². The molecule has 3 aliphatic rings. The highest BCUT2D eigenvalue weighted by molar-refractivity contribution is 6.00. The lowest BCUT2D eigenvalue weighted by Gasteiger charge is -2.33. The monoisotopic (exact) mass is 550 g/mol. The maximum atomic E-state index is 13.5. The minimum atomic E-state index is -1.05. The molecule has 1 aromatic carbocycles. The number of allylic oxidation sites excluding steroid dienone is 3. The minimum absolute atomic E-state index is 0.0710. The molecule has 1 aliphatic carbocycles. The number of ether oxygens (including phenoxy) is 4. The first kappa shape index (κ1) is 26.8. The van der Waals surface area contributed by atoms with E-state index in [0.29, 0.717) is 19.0 Å². The number of rotatable bonds is 6. The van der Waals surface area contributed by atoms with Gasteiger partial charge in [0.25, 0.3) is 5.75 Å². The maximum absolute atomic E-state index is 13.5. The van der Waals surface area contributed by atoms with Crippen molar-refractivity contribution in [1.29, 1.82) is 5.26 Å². The molecular formula is C27H26N4O9. The fourth-order valence-electron chi connectivity index (χ4n) is 5.14. The number of hydrogen-bond donors (Lipinski definition) is 1. The Kier molecular flexibility index (Phi) is 7.43. The summed E-state index contributed by atoms with van der Waals surface area (Å²) in [5.74, 6) is -1.46. The first-order valence-corrected chi connectivity index (χ1v) is 12.7. The predicted molar refractivity (Wildman–Crippen MR) is 136 cm³/mol. The average molecular weight is 551 g/mol. The van der Waals surface area contributed by atoms with Crippen LogP contribution in [0.15, 0.2) is 57.7 Å². The SMILES string of the molecule is CCOc1cc([C@@H]2C(C#N)=C(N)OC3=C2C(=O)C[C@@H](c2ccco2)C3)cc([N+](=O)[O-])c1OC(=O)N1CCOCC1. The molecule has 0 radical (unpaired) electrons. The highest BCUT2D eigenvalue weighted by atomic mass is 16.6. The van der Waals surface area contributed by atoms with Crippen molar-refractivity contribution in [3.63, 3.8) is 0 Å². The molecule has 0 spiro atoms. The van der Waals surface area contributed by atoms with E-state index in [-0.39, 0.29) is 84.1 Å². The van der Waals surface area contributed by atoms with Gasteiger partial charge in [0.05, 0.1) is 36.9 Å². The average Bonchev–Trinajstić information content (AvgIpc) is 3.49. The van der Waals surface area contributed by atoms with Crippen LogP contribution in [0.1, 0.15) is 42.9 Å². The van der Waals surface area contributed by atoms with E-state index in [2.05, 4.69) is 0 Å². The first-order valence-electron chi connectivity index (χ1n) is 12.7. The van der Waals surface area contributed by atoms with Gasteiger partial charge < -0.3 is 34.0 Å². The summed E-state index contributed by atoms with van der Waals surface area (Å²) < 4.78 is 27.6. The molecule has 5 rings (SSSR count). The second-order valence-corrected chi connectivity index (χ2v) is 9.33. The Balaban J connectivity index is 1.60. The van der Waals surface area contributed by atoms with Crippen LogP contribution in [0, 0.1) is 21.4 Å². The standard InChI is InChI=1S/C27H26N4O9/c1-2-37-22-13-16(10-18(31(34)35)25(22)40-27(33)30-5-8-36-9-6-30)23-17(14-28)26(29)39-21-12-15(11-19(32)24(21)23)20-4-3-7-38-20/h3-4,7,10,13,15,23H,2,5-6,8-9,11-12,29H2,1H3/t15-,23-/m1/s1. The fourth-order valence-corrected chi connectivity index (χ4v) is 5.14. The van der Waals surface area contributed by atoms with Gasteiger partial charge in [-0.3, -0.25) is 14.9 Å². The number of nitro benzene ring substituents is 1. The molecule has 2 atom stereocenters. The Morgan fingerprint density at radius 1 is 1.30 bits per heavy atom. The van der Waals surface area contributed by atoms with Crippen molar-refractivity contribution < 1.29 is 37.9 Å². The Labute approximate surface area is 228 Å². The summed E-state index contributed by atoms with van der Waals surface area (Å²) in [6.45, 7) is 2.93. The summed E-state index contributed by atoms with van der Waals surface area (Å²) in [6, 6.07) is 8.07. The molecule has 1 amide bonds. The smallest absolute Gasteiger partial charge is 0.415 e. The lowest BCUT2D eigenvalue weighted by molar-refractivity contribution is -0.385. The lowest BCUT2D eigenvalue weighted by Crippen LogP contribution is -2.42. The van der Waals surface area contributed by atoms with Gasteiger partial charge in [-0.1, -0.05) is 0 Å². The Hall–Kier alpha value is -4.83. The van der Waals surface area contributed by atoms with Crippen LogP contribution in [0.3, 0.4) is 0 Å². The van der Waals surface area contributed by atoms with Gasteiger partial charge in [-0.25, -0.2) is 4.79 Å². The van der Waals surface area contributed by atoms with E-state index >= 15 is 0 Å². The van der Waals surface area contributed by atoms with Gasteiger partial charge in [0.15, 0.2) is 11.5 Å². The number of carbonyl (C=O) groups is 2. The zero-order valence-corrected chi connectivity index (χ0v) is 21.6. The zero-order valence-electron chi connectivity index (χ0n) is 21.6. The molecule has 1 fully saturated rings. The Bertz CT molecular complexity index is 1450. The molecule has 1 saturated heterocycles. The number of hydrogen-bond acceptors (Lipinski definition) is 11. The number of amides is 1. The fraction of sp³-hybridized carbons (Fsp3) is 0.370. The van der Waals surface area contributed by atoms with Crippen LogP contribution < -0.4 is 15.2 Å². The molecule has 13 nitrogen and oxygen atoms in total. The Morgan fingerprint density at radius 2 is 2.08 bits per heavy atom. The third-order valence-electron chi connectivity index (χ3n) is 6.95. The van der Waals surface area contributed by atoms with Crippen LogP contribution in [-0.4, -0.2) is 54.6 Å². The molecule has 2 N–H and O–H groups in total. The highest BCUT2D eigenvalue weighted by Gasteiger charge is 2.43. The predicted octanol–water partition coefficient (Wildman–Crippen LogP) is 3.63. The molecule has 3 heterocycles. The molecule has 208 valence electrons. The summed E-state index contributed by atoms with van der Waals surface area (Å²) >= 11 is 0. The maximum Gasteiger partial charge on any atom is 0.415 e. The molecule has 0 saturated carbocycles. The normalized spacial score (nSPS) is 20.9. The molecular weight excluding hydrogens is 524 g/mol. The summed E-state index contributed by atoms with van der Waals surface area (Å²) in [7, 11) is 0. The number of nitrogens with two attached hydrogens (primary N) is 1. The molecule has 0 bridgehead atoms. The van der Waals surface area contributed by atoms with Gasteiger partial charge >= 0.3 is 11.8 Å². The third-order valence-corrected chi connectivity index (χ3v) is 6.95. The van der Waals surface area contributed by atoms with Gasteiger partial charge in [0.2, 0.25) is 5.88 Å². The first-order chi connectivity index (χ1) is 19.3. The van der Waals surface area contributed by atoms with E-state index < -0.39 is 22.6 Å². The molecule has 1 aromatic heterocycles. The number of nitro groups is 1. The molecule has 40 heavy (non-hydrogen) atoms. The number of carbonyl (C=O) groups excluding carboxylic acids is 2. The number of nitrogens with zero attached hydrogens (tertiary/aromatic N) is 3. The van der Waals surface area contributed by atoms with Crippen LogP contribution in [0.25, 0.3) is 0 Å². The van der Waals surface area contributed by atoms with Crippen LogP contribution in [0.4, 0.5) is 10.5 Å². The number of ketones is 1. The second kappa shape index (κ2) is 11.1. The number of furan rings is 1. The largest absolute Gasteiger partial charge is 0.490 e. The van der Waals surface area contributed by atoms with E-state index in [9.17, 15) is 25.0 Å². The summed E-state index contributed by atoms with van der Waals surface area (Å²) in [5, 5.41) is 22.2. The van der Waals surface area contributed by atoms with Crippen molar-refractivity contribution >= 4 is 17.6 Å². The van der Waals surface area contributed by atoms with Crippen molar-refractivity contribution in [2.75, 3.05) is 32.9 Å². The van der Waals surface area contributed by atoms with Gasteiger partial charge in [-0.2, -0.15) is 5.26 Å². The zero-order chi connectivity index (χ0) is 28.4. The van der Waals surface area contributed by atoms with E-state index in [1.165, 1.54) is 23.3 Å². The van der Waals surface area contributed by atoms with Crippen molar-refractivity contribution in [3.8, 4) is 17.6 Å². The van der Waals surface area contributed by atoms with Crippen molar-refractivity contribution in [1.82, 2.24) is 4.90 Å². The molecule has 2 aliphatic heterocycles. The van der Waals surface area contributed by atoms with E-state index in [1.54, 1.807) is 19.1 Å². The number of nitriles is 1. The van der Waals surface area contributed by atoms with Gasteiger partial charge in [-0.15, -0.1) is 0 Å². The van der Waals surface area contributed by atoms with Crippen LogP contribution in [-0.2, 0) is 14.3 Å². The number of Topliss-reactive ketones (excluding diaryl/α,β-unsaturated/α-hetero) is 1. The van der Waals surface area contributed by atoms with Crippen LogP contribution >= 0.6 is 0 Å². The van der Waals surface area contributed by atoms with Gasteiger partial charge in [-0.05, 0) is 30.7 Å². The lowest BCUT2D eigenvalue weighted by atomic mass is 9.74. The summed E-state index contributed by atoms with van der Waals surface area (Å²) in [4.78, 5) is 39.2. The molecule has 2 aromatic rings. The summed E-state index contributed by atoms with van der Waals surface area (Å²) in [6.07, 6.45) is 1.09. The Morgan fingerprint density at radius 3 is 2.73 bits per heavy atom. The number of benzene rings is 1. The third kappa shape index (κ3) is 4.96. The van der Waals surface area contributed by atoms with Crippen LogP contribution in [0.5, 0.6) is 11.5 Å². The van der Waals surface area contributed by atoms with Crippen molar-refractivity contribution in [3.05, 3.63) is 74.8 Å². The molecule has 0 unspecified atom stereocenters. The van der Waals surface area contributed by atoms with E-state index in [0.717, 1.165) is 0 Å². The molecule has 13 heteroatoms. The summed E-state index contributed by atoms with van der Waals surface area (Å²) in [5.41, 5.74) is 5.87. The highest BCUT2D eigenvalue weighted by Crippen LogP contribution is 2.49. The van der Waals surface area contributed by atoms with Crippen molar-refractivity contribution in [2.24, 2.45) is 5.73 Å². The quantitative estimate of drug-likeness (QED) is 0.410. The van der Waals surface area contributed by atoms with Crippen molar-refractivity contribution in [2.45, 2.75) is 31.6 Å². The topological polar surface area (TPSA) is 180 Å². The van der Waals surface area contributed by atoms with Gasteiger partial charge in [0.1, 0.15) is 23.2 Å². The van der Waals surface area contributed by atoms with E-state index in [1.807, 2.05) is 6.07 Å². The minimum Gasteiger partial charge on any atom is -0.490 e. The van der Waals surface area contributed by atoms with Gasteiger partial charge in [0, 0.05) is 43.5 Å². The number of morpholine rings is 1. The second-order valence-electron chi connectivity index (χ2n) is 9.33.